The number of alkyl halides is 3. The fourth-order valence-electron chi connectivity index (χ4n) is 4.31. The molecule has 6 nitrogen and oxygen atoms in total. The molecule has 3 aromatic carbocycles. The third-order valence-electron chi connectivity index (χ3n) is 6.11. The summed E-state index contributed by atoms with van der Waals surface area (Å²) in [6.45, 7) is -0.244. The van der Waals surface area contributed by atoms with Crippen LogP contribution >= 0.6 is 0 Å². The van der Waals surface area contributed by atoms with E-state index in [9.17, 15) is 28.3 Å². The van der Waals surface area contributed by atoms with E-state index in [1.807, 2.05) is 6.07 Å². The van der Waals surface area contributed by atoms with Gasteiger partial charge in [-0.05, 0) is 46.5 Å². The Morgan fingerprint density at radius 1 is 1.00 bits per heavy atom. The summed E-state index contributed by atoms with van der Waals surface area (Å²) in [5.74, 6) is -0.863. The zero-order valence-electron chi connectivity index (χ0n) is 18.5. The Bertz CT molecular complexity index is 1610. The smallest absolute Gasteiger partial charge is 0.416 e. The number of allylic oxidation sites excluding steroid dienone is 1. The van der Waals surface area contributed by atoms with Gasteiger partial charge in [0.1, 0.15) is 17.2 Å². The van der Waals surface area contributed by atoms with Gasteiger partial charge in [-0.25, -0.2) is 4.79 Å². The molecule has 0 aliphatic carbocycles. The minimum Gasteiger partial charge on any atom is -0.439 e. The molecular weight excluding hydrogens is 473 g/mol. The molecular formula is C27H17F3N2O4. The maximum absolute atomic E-state index is 13.1. The summed E-state index contributed by atoms with van der Waals surface area (Å²) in [6, 6.07) is 18.3. The van der Waals surface area contributed by atoms with Crippen LogP contribution in [-0.2, 0) is 12.8 Å². The number of nitriles is 1. The number of fused-ring (bicyclic) bond motifs is 3. The second-order valence-corrected chi connectivity index (χ2v) is 8.24. The van der Waals surface area contributed by atoms with E-state index in [1.54, 1.807) is 36.4 Å². The van der Waals surface area contributed by atoms with Crippen LogP contribution in [-0.4, -0.2) is 5.11 Å². The van der Waals surface area contributed by atoms with E-state index in [0.29, 0.717) is 27.6 Å². The molecule has 5 rings (SSSR count). The van der Waals surface area contributed by atoms with Crippen LogP contribution in [0.4, 0.5) is 13.2 Å². The highest BCUT2D eigenvalue weighted by atomic mass is 19.4. The van der Waals surface area contributed by atoms with Crippen molar-refractivity contribution in [2.24, 2.45) is 5.73 Å². The monoisotopic (exact) mass is 490 g/mol. The number of aliphatic hydroxyl groups is 1. The first kappa shape index (κ1) is 23.2. The Morgan fingerprint density at radius 3 is 2.22 bits per heavy atom. The van der Waals surface area contributed by atoms with E-state index in [2.05, 4.69) is 0 Å². The summed E-state index contributed by atoms with van der Waals surface area (Å²) in [6.07, 6.45) is -4.43. The molecule has 4 aromatic rings. The van der Waals surface area contributed by atoms with Crippen molar-refractivity contribution in [2.75, 3.05) is 0 Å². The molecule has 0 spiro atoms. The molecule has 2 heterocycles. The van der Waals surface area contributed by atoms with E-state index in [1.165, 1.54) is 18.2 Å². The van der Waals surface area contributed by atoms with Gasteiger partial charge in [0.05, 0.1) is 29.0 Å². The highest BCUT2D eigenvalue weighted by Gasteiger charge is 2.35. The lowest BCUT2D eigenvalue weighted by molar-refractivity contribution is -0.137. The molecule has 0 saturated heterocycles. The third kappa shape index (κ3) is 3.87. The van der Waals surface area contributed by atoms with Gasteiger partial charge in [0.15, 0.2) is 5.75 Å². The zero-order valence-corrected chi connectivity index (χ0v) is 18.5. The second-order valence-electron chi connectivity index (χ2n) is 8.24. The van der Waals surface area contributed by atoms with Crippen LogP contribution in [0.25, 0.3) is 22.1 Å². The number of halogens is 3. The van der Waals surface area contributed by atoms with Crippen molar-refractivity contribution in [3.05, 3.63) is 111 Å². The Labute approximate surface area is 202 Å². The van der Waals surface area contributed by atoms with E-state index in [4.69, 9.17) is 14.9 Å². The SMILES string of the molecule is N#CC1=C(N)Oc2c(c(=O)oc3cc(CO)ccc23)C1c1ccc(-c2ccc(C(F)(F)F)cc2)cc1. The first-order valence-corrected chi connectivity index (χ1v) is 10.8. The molecule has 0 fully saturated rings. The number of nitrogens with zero attached hydrogens (tertiary/aromatic N) is 1. The van der Waals surface area contributed by atoms with Crippen molar-refractivity contribution in [2.45, 2.75) is 18.7 Å². The van der Waals surface area contributed by atoms with Crippen LogP contribution in [0.5, 0.6) is 5.75 Å². The van der Waals surface area contributed by atoms with Crippen LogP contribution in [0, 0.1) is 11.3 Å². The average Bonchev–Trinajstić information content (AvgIpc) is 2.87. The number of rotatable bonds is 3. The molecule has 9 heteroatoms. The lowest BCUT2D eigenvalue weighted by Gasteiger charge is -2.26. The van der Waals surface area contributed by atoms with Crippen LogP contribution in [0.15, 0.2) is 87.4 Å². The molecule has 0 bridgehead atoms. The van der Waals surface area contributed by atoms with Crippen molar-refractivity contribution in [1.82, 2.24) is 0 Å². The van der Waals surface area contributed by atoms with Gasteiger partial charge >= 0.3 is 11.8 Å². The zero-order chi connectivity index (χ0) is 25.6. The first-order chi connectivity index (χ1) is 17.2. The molecule has 0 amide bonds. The van der Waals surface area contributed by atoms with E-state index >= 15 is 0 Å². The molecule has 1 aliphatic rings. The van der Waals surface area contributed by atoms with Crippen LogP contribution < -0.4 is 16.1 Å². The Morgan fingerprint density at radius 2 is 1.64 bits per heavy atom. The van der Waals surface area contributed by atoms with Crippen molar-refractivity contribution in [1.29, 1.82) is 5.26 Å². The molecule has 3 N–H and O–H groups in total. The van der Waals surface area contributed by atoms with Gasteiger partial charge in [-0.2, -0.15) is 18.4 Å². The Balaban J connectivity index is 1.61. The summed E-state index contributed by atoms with van der Waals surface area (Å²) in [5.41, 5.74) is 7.26. The highest BCUT2D eigenvalue weighted by molar-refractivity contribution is 5.86. The Kier molecular flexibility index (Phi) is 5.54. The molecule has 0 saturated carbocycles. The molecule has 1 aliphatic heterocycles. The van der Waals surface area contributed by atoms with Gasteiger partial charge in [-0.3, -0.25) is 0 Å². The van der Waals surface area contributed by atoms with E-state index in [0.717, 1.165) is 12.1 Å². The lowest BCUT2D eigenvalue weighted by atomic mass is 9.83. The minimum absolute atomic E-state index is 0.0309. The molecule has 36 heavy (non-hydrogen) atoms. The van der Waals surface area contributed by atoms with Crippen molar-refractivity contribution < 1.29 is 27.4 Å². The summed E-state index contributed by atoms with van der Waals surface area (Å²) in [4.78, 5) is 13.1. The maximum Gasteiger partial charge on any atom is 0.416 e. The van der Waals surface area contributed by atoms with Crippen molar-refractivity contribution >= 4 is 11.0 Å². The molecule has 1 unspecified atom stereocenters. The standard InChI is InChI=1S/C27H17F3N2O4/c28-27(29,30)18-8-6-16(7-9-18)15-2-4-17(5-3-15)22-20(12-31)25(32)36-24-19-10-1-14(13-33)11-21(19)35-26(34)23(22)24/h1-11,22,33H,13,32H2. The summed E-state index contributed by atoms with van der Waals surface area (Å²) < 4.78 is 49.8. The molecule has 180 valence electrons. The molecule has 0 radical (unpaired) electrons. The number of aliphatic hydroxyl groups excluding tert-OH is 1. The molecule has 1 atom stereocenters. The predicted octanol–water partition coefficient (Wildman–Crippen LogP) is 5.19. The largest absolute Gasteiger partial charge is 0.439 e. The fraction of sp³-hybridized carbons (Fsp3) is 0.111. The fourth-order valence-corrected chi connectivity index (χ4v) is 4.31. The number of benzene rings is 3. The summed E-state index contributed by atoms with van der Waals surface area (Å²) >= 11 is 0. The van der Waals surface area contributed by atoms with E-state index in [-0.39, 0.29) is 35.0 Å². The van der Waals surface area contributed by atoms with Crippen LogP contribution in [0.2, 0.25) is 0 Å². The predicted molar refractivity (Wildman–Crippen MR) is 125 cm³/mol. The topological polar surface area (TPSA) is 109 Å². The number of nitrogens with two attached hydrogens (primary N) is 1. The summed E-state index contributed by atoms with van der Waals surface area (Å²) in [5, 5.41) is 19.6. The first-order valence-electron chi connectivity index (χ1n) is 10.8. The second kappa shape index (κ2) is 8.59. The number of ether oxygens (including phenoxy) is 1. The van der Waals surface area contributed by atoms with Crippen molar-refractivity contribution in [3.63, 3.8) is 0 Å². The summed E-state index contributed by atoms with van der Waals surface area (Å²) in [7, 11) is 0. The van der Waals surface area contributed by atoms with Crippen LogP contribution in [0.3, 0.4) is 0 Å². The van der Waals surface area contributed by atoms with Crippen LogP contribution in [0.1, 0.15) is 28.2 Å². The normalized spacial score (nSPS) is 15.4. The van der Waals surface area contributed by atoms with Gasteiger partial charge in [-0.15, -0.1) is 0 Å². The average molecular weight is 490 g/mol. The van der Waals surface area contributed by atoms with Gasteiger partial charge in [-0.1, -0.05) is 42.5 Å². The maximum atomic E-state index is 13.1. The van der Waals surface area contributed by atoms with Gasteiger partial charge < -0.3 is 20.0 Å². The van der Waals surface area contributed by atoms with Gasteiger partial charge in [0, 0.05) is 0 Å². The molecule has 1 aromatic heterocycles. The minimum atomic E-state index is -4.43. The quantitative estimate of drug-likeness (QED) is 0.383. The highest BCUT2D eigenvalue weighted by Crippen LogP contribution is 2.44. The van der Waals surface area contributed by atoms with E-state index < -0.39 is 23.3 Å². The number of hydrogen-bond acceptors (Lipinski definition) is 6. The van der Waals surface area contributed by atoms with Gasteiger partial charge in [0.2, 0.25) is 5.88 Å². The third-order valence-corrected chi connectivity index (χ3v) is 6.11. The number of hydrogen-bond donors (Lipinski definition) is 2. The lowest BCUT2D eigenvalue weighted by Crippen LogP contribution is -2.26. The van der Waals surface area contributed by atoms with Gasteiger partial charge in [0.25, 0.3) is 0 Å². The van der Waals surface area contributed by atoms with Crippen molar-refractivity contribution in [3.8, 4) is 22.9 Å². The Hall–Kier alpha value is -4.55.